The number of aliphatic carboxylic acids is 1. The third kappa shape index (κ3) is 3.59. The van der Waals surface area contributed by atoms with Crippen LogP contribution >= 0.6 is 0 Å². The Morgan fingerprint density at radius 2 is 2.10 bits per heavy atom. The van der Waals surface area contributed by atoms with Crippen molar-refractivity contribution in [2.24, 2.45) is 5.92 Å². The number of benzene rings is 1. The molecule has 1 aromatic carbocycles. The van der Waals surface area contributed by atoms with Crippen LogP contribution in [-0.2, 0) is 10.2 Å². The van der Waals surface area contributed by atoms with Crippen molar-refractivity contribution < 1.29 is 24.0 Å². The maximum absolute atomic E-state index is 13.1. The zero-order valence-electron chi connectivity index (χ0n) is 16.6. The van der Waals surface area contributed by atoms with Gasteiger partial charge in [0.1, 0.15) is 5.75 Å². The normalized spacial score (nSPS) is 23.4. The highest BCUT2D eigenvalue weighted by molar-refractivity contribution is 5.94. The van der Waals surface area contributed by atoms with Crippen LogP contribution in [0.2, 0.25) is 0 Å². The lowest BCUT2D eigenvalue weighted by Gasteiger charge is -2.24. The number of carbonyl (C=O) groups excluding carboxylic acids is 1. The first-order chi connectivity index (χ1) is 13.9. The molecule has 8 heteroatoms. The molecular weight excluding hydrogens is 374 g/mol. The summed E-state index contributed by atoms with van der Waals surface area (Å²) in [4.78, 5) is 30.2. The topological polar surface area (TPSA) is 106 Å². The fourth-order valence-electron chi connectivity index (χ4n) is 4.49. The molecular formula is C21H25N3O5. The molecule has 8 nitrogen and oxygen atoms in total. The van der Waals surface area contributed by atoms with Gasteiger partial charge in [-0.25, -0.2) is 4.79 Å². The van der Waals surface area contributed by atoms with E-state index >= 15 is 0 Å². The minimum Gasteiger partial charge on any atom is -0.482 e. The predicted octanol–water partition coefficient (Wildman–Crippen LogP) is 2.85. The molecule has 1 N–H and O–H groups in total. The van der Waals surface area contributed by atoms with Crippen LogP contribution in [0.1, 0.15) is 61.1 Å². The Morgan fingerprint density at radius 1 is 1.34 bits per heavy atom. The predicted molar refractivity (Wildman–Crippen MR) is 103 cm³/mol. The quantitative estimate of drug-likeness (QED) is 0.796. The van der Waals surface area contributed by atoms with Gasteiger partial charge in [0.2, 0.25) is 5.89 Å². The third-order valence-electron chi connectivity index (χ3n) is 6.01. The van der Waals surface area contributed by atoms with Gasteiger partial charge in [-0.15, -0.1) is 0 Å². The fourth-order valence-corrected chi connectivity index (χ4v) is 4.49. The van der Waals surface area contributed by atoms with Gasteiger partial charge in [-0.1, -0.05) is 25.4 Å². The molecule has 1 aromatic heterocycles. The molecule has 0 radical (unpaired) electrons. The van der Waals surface area contributed by atoms with Gasteiger partial charge in [-0.05, 0) is 43.0 Å². The number of amides is 1. The summed E-state index contributed by atoms with van der Waals surface area (Å²) in [7, 11) is 0. The number of carboxylic acid groups (broad SMARTS) is 1. The fraction of sp³-hybridized carbons (Fsp3) is 0.524. The lowest BCUT2D eigenvalue weighted by atomic mass is 9.80. The zero-order chi connectivity index (χ0) is 20.6. The summed E-state index contributed by atoms with van der Waals surface area (Å²) in [6.45, 7) is 4.91. The Kier molecular flexibility index (Phi) is 5.02. The van der Waals surface area contributed by atoms with E-state index in [-0.39, 0.29) is 17.2 Å². The van der Waals surface area contributed by atoms with Crippen LogP contribution in [0.25, 0.3) is 0 Å². The second kappa shape index (κ2) is 7.50. The molecule has 2 heterocycles. The molecule has 1 saturated heterocycles. The Bertz CT molecular complexity index is 907. The second-order valence-electron chi connectivity index (χ2n) is 8.25. The molecule has 0 unspecified atom stereocenters. The maximum atomic E-state index is 13.1. The van der Waals surface area contributed by atoms with Crippen LogP contribution in [0.4, 0.5) is 0 Å². The van der Waals surface area contributed by atoms with Crippen LogP contribution in [0.5, 0.6) is 5.75 Å². The summed E-state index contributed by atoms with van der Waals surface area (Å²) in [5.41, 5.74) is 0.302. The summed E-state index contributed by atoms with van der Waals surface area (Å²) >= 11 is 0. The van der Waals surface area contributed by atoms with Gasteiger partial charge in [-0.2, -0.15) is 4.98 Å². The first-order valence-electron chi connectivity index (χ1n) is 9.97. The number of fused-ring (bicyclic) bond motifs is 1. The number of hydrogen-bond acceptors (Lipinski definition) is 6. The molecule has 2 aromatic rings. The van der Waals surface area contributed by atoms with E-state index in [0.29, 0.717) is 42.0 Å². The second-order valence-corrected chi connectivity index (χ2v) is 8.25. The van der Waals surface area contributed by atoms with Crippen LogP contribution in [0.3, 0.4) is 0 Å². The highest BCUT2D eigenvalue weighted by atomic mass is 16.5. The zero-order valence-corrected chi connectivity index (χ0v) is 16.6. The van der Waals surface area contributed by atoms with E-state index < -0.39 is 12.6 Å². The maximum Gasteiger partial charge on any atom is 0.341 e. The SMILES string of the molecule is CC(C)c1noc([C@]23CCC[C@H]2CN(C(=O)c2ccc(OCC(=O)O)cc2)C3)n1. The average Bonchev–Trinajstić information content (AvgIpc) is 3.40. The Labute approximate surface area is 168 Å². The van der Waals surface area contributed by atoms with Crippen LogP contribution in [0.15, 0.2) is 28.8 Å². The van der Waals surface area contributed by atoms with Crippen LogP contribution < -0.4 is 4.74 Å². The van der Waals surface area contributed by atoms with Gasteiger partial charge in [0.05, 0.1) is 5.41 Å². The van der Waals surface area contributed by atoms with Crippen molar-refractivity contribution in [1.82, 2.24) is 15.0 Å². The Morgan fingerprint density at radius 3 is 2.76 bits per heavy atom. The van der Waals surface area contributed by atoms with E-state index in [0.717, 1.165) is 19.3 Å². The van der Waals surface area contributed by atoms with Crippen molar-refractivity contribution in [2.75, 3.05) is 19.7 Å². The van der Waals surface area contributed by atoms with Gasteiger partial charge in [0, 0.05) is 24.6 Å². The summed E-state index contributed by atoms with van der Waals surface area (Å²) in [6.07, 6.45) is 3.09. The summed E-state index contributed by atoms with van der Waals surface area (Å²) in [5.74, 6) is 1.23. The summed E-state index contributed by atoms with van der Waals surface area (Å²) in [5, 5.41) is 12.8. The van der Waals surface area contributed by atoms with Crippen molar-refractivity contribution in [3.05, 3.63) is 41.5 Å². The highest BCUT2D eigenvalue weighted by Crippen LogP contribution is 2.50. The van der Waals surface area contributed by atoms with Crippen molar-refractivity contribution >= 4 is 11.9 Å². The average molecular weight is 399 g/mol. The third-order valence-corrected chi connectivity index (χ3v) is 6.01. The molecule has 1 amide bonds. The van der Waals surface area contributed by atoms with Gasteiger partial charge in [-0.3, -0.25) is 4.79 Å². The molecule has 154 valence electrons. The summed E-state index contributed by atoms with van der Waals surface area (Å²) < 4.78 is 10.8. The van der Waals surface area contributed by atoms with E-state index in [1.807, 2.05) is 18.7 Å². The number of rotatable bonds is 6. The molecule has 1 aliphatic heterocycles. The highest BCUT2D eigenvalue weighted by Gasteiger charge is 2.55. The van der Waals surface area contributed by atoms with Gasteiger partial charge < -0.3 is 19.3 Å². The first-order valence-corrected chi connectivity index (χ1v) is 9.97. The molecule has 0 spiro atoms. The number of hydrogen-bond donors (Lipinski definition) is 1. The van der Waals surface area contributed by atoms with Gasteiger partial charge in [0.15, 0.2) is 12.4 Å². The first kappa shape index (κ1) is 19.4. The molecule has 1 aliphatic carbocycles. The van der Waals surface area contributed by atoms with E-state index in [9.17, 15) is 9.59 Å². The van der Waals surface area contributed by atoms with E-state index in [1.165, 1.54) is 0 Å². The van der Waals surface area contributed by atoms with E-state index in [2.05, 4.69) is 10.1 Å². The van der Waals surface area contributed by atoms with Crippen molar-refractivity contribution in [3.63, 3.8) is 0 Å². The molecule has 0 bridgehead atoms. The number of likely N-dealkylation sites (tertiary alicyclic amines) is 1. The van der Waals surface area contributed by atoms with E-state index in [4.69, 9.17) is 14.4 Å². The molecule has 29 heavy (non-hydrogen) atoms. The number of ether oxygens (including phenoxy) is 1. The van der Waals surface area contributed by atoms with Crippen molar-refractivity contribution in [3.8, 4) is 5.75 Å². The number of carbonyl (C=O) groups is 2. The lowest BCUT2D eigenvalue weighted by Crippen LogP contribution is -2.35. The molecule has 2 fully saturated rings. The Hall–Kier alpha value is -2.90. The van der Waals surface area contributed by atoms with Gasteiger partial charge >= 0.3 is 5.97 Å². The smallest absolute Gasteiger partial charge is 0.341 e. The largest absolute Gasteiger partial charge is 0.482 e. The van der Waals surface area contributed by atoms with Crippen LogP contribution in [-0.4, -0.2) is 51.7 Å². The number of nitrogens with zero attached hydrogens (tertiary/aromatic N) is 3. The monoisotopic (exact) mass is 399 g/mol. The minimum atomic E-state index is -1.04. The van der Waals surface area contributed by atoms with Crippen molar-refractivity contribution in [2.45, 2.75) is 44.4 Å². The molecule has 2 aliphatic rings. The van der Waals surface area contributed by atoms with E-state index in [1.54, 1.807) is 24.3 Å². The molecule has 4 rings (SSSR count). The van der Waals surface area contributed by atoms with Gasteiger partial charge in [0.25, 0.3) is 5.91 Å². The number of carboxylic acids is 1. The summed E-state index contributed by atoms with van der Waals surface area (Å²) in [6, 6.07) is 6.58. The molecule has 1 saturated carbocycles. The Balaban J connectivity index is 1.50. The van der Waals surface area contributed by atoms with Crippen molar-refractivity contribution in [1.29, 1.82) is 0 Å². The standard InChI is InChI=1S/C21H25N3O5/c1-13(2)18-22-20(29-23-18)21-9-3-4-15(21)10-24(12-21)19(27)14-5-7-16(8-6-14)28-11-17(25)26/h5-8,13,15H,3-4,9-12H2,1-2H3,(H,25,26)/t15-,21-/m0/s1. The number of aromatic nitrogens is 2. The van der Waals surface area contributed by atoms with Crippen LogP contribution in [0, 0.1) is 5.92 Å². The lowest BCUT2D eigenvalue weighted by molar-refractivity contribution is -0.139. The molecule has 2 atom stereocenters. The minimum absolute atomic E-state index is 0.0489.